The Morgan fingerprint density at radius 1 is 1.17 bits per heavy atom. The number of aryl methyl sites for hydroxylation is 1. The van der Waals surface area contributed by atoms with E-state index in [0.29, 0.717) is 0 Å². The standard InChI is InChI=1S/C11H11F/c1-8-6-7-9-4-2-3-5-10(9)11(8)12/h2-5H,6-7H2,1H3. The molecule has 1 heteroatoms. The molecule has 2 rings (SSSR count). The Morgan fingerprint density at radius 3 is 2.75 bits per heavy atom. The Labute approximate surface area is 71.7 Å². The number of hydrogen-bond donors (Lipinski definition) is 0. The molecule has 0 radical (unpaired) electrons. The summed E-state index contributed by atoms with van der Waals surface area (Å²) >= 11 is 0. The van der Waals surface area contributed by atoms with Crippen molar-refractivity contribution in [3.8, 4) is 0 Å². The number of fused-ring (bicyclic) bond motifs is 1. The number of allylic oxidation sites excluding steroid dienone is 1. The molecule has 0 aromatic heterocycles. The normalized spacial score (nSPS) is 16.2. The van der Waals surface area contributed by atoms with E-state index in [2.05, 4.69) is 0 Å². The van der Waals surface area contributed by atoms with E-state index in [-0.39, 0.29) is 5.83 Å². The van der Waals surface area contributed by atoms with Crippen LogP contribution in [-0.2, 0) is 6.42 Å². The minimum atomic E-state index is -0.0168. The summed E-state index contributed by atoms with van der Waals surface area (Å²) in [5.74, 6) is -0.0168. The molecule has 1 aliphatic rings. The van der Waals surface area contributed by atoms with Gasteiger partial charge in [-0.3, -0.25) is 0 Å². The lowest BCUT2D eigenvalue weighted by atomic mass is 9.92. The molecule has 0 spiro atoms. The first-order valence-electron chi connectivity index (χ1n) is 4.22. The largest absolute Gasteiger partial charge is 0.206 e. The molecule has 0 N–H and O–H groups in total. The molecule has 12 heavy (non-hydrogen) atoms. The summed E-state index contributed by atoms with van der Waals surface area (Å²) in [6, 6.07) is 7.71. The lowest BCUT2D eigenvalue weighted by Crippen LogP contribution is -2.00. The summed E-state index contributed by atoms with van der Waals surface area (Å²) in [5, 5.41) is 0. The molecule has 0 saturated carbocycles. The molecular weight excluding hydrogens is 151 g/mol. The lowest BCUT2D eigenvalue weighted by molar-refractivity contribution is 0.721. The maximum atomic E-state index is 13.4. The highest BCUT2D eigenvalue weighted by molar-refractivity contribution is 5.67. The van der Waals surface area contributed by atoms with Crippen molar-refractivity contribution in [2.45, 2.75) is 19.8 Å². The van der Waals surface area contributed by atoms with Gasteiger partial charge in [0.15, 0.2) is 0 Å². The second-order valence-electron chi connectivity index (χ2n) is 3.25. The first-order chi connectivity index (χ1) is 5.79. The zero-order valence-electron chi connectivity index (χ0n) is 7.10. The lowest BCUT2D eigenvalue weighted by Gasteiger charge is -2.15. The summed E-state index contributed by atoms with van der Waals surface area (Å²) in [6.45, 7) is 1.87. The van der Waals surface area contributed by atoms with Crippen LogP contribution in [0.4, 0.5) is 4.39 Å². The van der Waals surface area contributed by atoms with Crippen LogP contribution in [0.1, 0.15) is 24.5 Å². The monoisotopic (exact) mass is 162 g/mol. The van der Waals surface area contributed by atoms with Crippen LogP contribution in [0.2, 0.25) is 0 Å². The first kappa shape index (κ1) is 7.53. The van der Waals surface area contributed by atoms with E-state index >= 15 is 0 Å². The smallest absolute Gasteiger partial charge is 0.129 e. The van der Waals surface area contributed by atoms with E-state index in [9.17, 15) is 4.39 Å². The van der Waals surface area contributed by atoms with Gasteiger partial charge in [0.05, 0.1) is 0 Å². The third-order valence-electron chi connectivity index (χ3n) is 2.40. The Balaban J connectivity index is 2.59. The fraction of sp³-hybridized carbons (Fsp3) is 0.273. The number of halogens is 1. The average Bonchev–Trinajstić information content (AvgIpc) is 2.12. The highest BCUT2D eigenvalue weighted by atomic mass is 19.1. The van der Waals surface area contributed by atoms with Crippen LogP contribution in [0.15, 0.2) is 29.8 Å². The van der Waals surface area contributed by atoms with E-state index in [4.69, 9.17) is 0 Å². The van der Waals surface area contributed by atoms with Gasteiger partial charge in [-0.2, -0.15) is 0 Å². The van der Waals surface area contributed by atoms with Crippen molar-refractivity contribution < 1.29 is 4.39 Å². The van der Waals surface area contributed by atoms with Crippen LogP contribution < -0.4 is 0 Å². The van der Waals surface area contributed by atoms with Crippen molar-refractivity contribution >= 4 is 5.83 Å². The Bertz CT molecular complexity index is 337. The Hall–Kier alpha value is -1.11. The summed E-state index contributed by atoms with van der Waals surface area (Å²) in [4.78, 5) is 0. The zero-order valence-corrected chi connectivity index (χ0v) is 7.10. The topological polar surface area (TPSA) is 0 Å². The van der Waals surface area contributed by atoms with Crippen LogP contribution in [-0.4, -0.2) is 0 Å². The van der Waals surface area contributed by atoms with Crippen LogP contribution >= 0.6 is 0 Å². The molecule has 1 aromatic carbocycles. The van der Waals surface area contributed by atoms with Crippen molar-refractivity contribution in [2.24, 2.45) is 0 Å². The van der Waals surface area contributed by atoms with Gasteiger partial charge in [0.25, 0.3) is 0 Å². The maximum Gasteiger partial charge on any atom is 0.129 e. The first-order valence-corrected chi connectivity index (χ1v) is 4.22. The van der Waals surface area contributed by atoms with E-state index in [0.717, 1.165) is 29.5 Å². The van der Waals surface area contributed by atoms with Gasteiger partial charge >= 0.3 is 0 Å². The molecule has 0 aliphatic heterocycles. The van der Waals surface area contributed by atoms with Crippen LogP contribution in [0.5, 0.6) is 0 Å². The maximum absolute atomic E-state index is 13.4. The molecule has 1 aromatic rings. The van der Waals surface area contributed by atoms with Crippen LogP contribution in [0, 0.1) is 0 Å². The summed E-state index contributed by atoms with van der Waals surface area (Å²) in [6.07, 6.45) is 1.85. The molecule has 0 amide bonds. The predicted octanol–water partition coefficient (Wildman–Crippen LogP) is 3.33. The van der Waals surface area contributed by atoms with Crippen molar-refractivity contribution in [1.29, 1.82) is 0 Å². The molecule has 0 bridgehead atoms. The third kappa shape index (κ3) is 1.06. The number of rotatable bonds is 0. The molecule has 0 unspecified atom stereocenters. The molecular formula is C11H11F. The van der Waals surface area contributed by atoms with Gasteiger partial charge in [0, 0.05) is 5.56 Å². The van der Waals surface area contributed by atoms with Crippen molar-refractivity contribution in [3.63, 3.8) is 0 Å². The highest BCUT2D eigenvalue weighted by Gasteiger charge is 2.14. The van der Waals surface area contributed by atoms with Crippen molar-refractivity contribution in [1.82, 2.24) is 0 Å². The molecule has 0 atom stereocenters. The average molecular weight is 162 g/mol. The Morgan fingerprint density at radius 2 is 1.92 bits per heavy atom. The molecule has 0 fully saturated rings. The second-order valence-corrected chi connectivity index (χ2v) is 3.25. The second kappa shape index (κ2) is 2.74. The number of hydrogen-bond acceptors (Lipinski definition) is 0. The van der Waals surface area contributed by atoms with Gasteiger partial charge in [0.1, 0.15) is 5.83 Å². The molecule has 0 heterocycles. The summed E-state index contributed by atoms with van der Waals surface area (Å²) in [5.41, 5.74) is 2.82. The van der Waals surface area contributed by atoms with Gasteiger partial charge < -0.3 is 0 Å². The Kier molecular flexibility index (Phi) is 1.72. The van der Waals surface area contributed by atoms with Crippen LogP contribution in [0.25, 0.3) is 5.83 Å². The molecule has 0 saturated heterocycles. The van der Waals surface area contributed by atoms with E-state index in [1.807, 2.05) is 31.2 Å². The minimum Gasteiger partial charge on any atom is -0.206 e. The van der Waals surface area contributed by atoms with E-state index in [1.165, 1.54) is 0 Å². The van der Waals surface area contributed by atoms with Crippen molar-refractivity contribution in [3.05, 3.63) is 41.0 Å². The third-order valence-corrected chi connectivity index (χ3v) is 2.40. The highest BCUT2D eigenvalue weighted by Crippen LogP contribution is 2.31. The molecule has 62 valence electrons. The van der Waals surface area contributed by atoms with Crippen molar-refractivity contribution in [2.75, 3.05) is 0 Å². The summed E-state index contributed by atoms with van der Waals surface area (Å²) in [7, 11) is 0. The van der Waals surface area contributed by atoms with Crippen LogP contribution in [0.3, 0.4) is 0 Å². The zero-order chi connectivity index (χ0) is 8.55. The quantitative estimate of drug-likeness (QED) is 0.549. The number of benzene rings is 1. The predicted molar refractivity (Wildman–Crippen MR) is 48.5 cm³/mol. The fourth-order valence-corrected chi connectivity index (χ4v) is 1.61. The van der Waals surface area contributed by atoms with Gasteiger partial charge in [-0.15, -0.1) is 0 Å². The summed E-state index contributed by atoms with van der Waals surface area (Å²) < 4.78 is 13.4. The van der Waals surface area contributed by atoms with Gasteiger partial charge in [-0.1, -0.05) is 24.3 Å². The molecule has 0 nitrogen and oxygen atoms in total. The van der Waals surface area contributed by atoms with Gasteiger partial charge in [-0.25, -0.2) is 4.39 Å². The molecule has 1 aliphatic carbocycles. The fourth-order valence-electron chi connectivity index (χ4n) is 1.61. The SMILES string of the molecule is CC1=C(F)c2ccccc2CC1. The van der Waals surface area contributed by atoms with Gasteiger partial charge in [0.2, 0.25) is 0 Å². The van der Waals surface area contributed by atoms with Gasteiger partial charge in [-0.05, 0) is 30.9 Å². The van der Waals surface area contributed by atoms with E-state index in [1.54, 1.807) is 0 Å². The minimum absolute atomic E-state index is 0.0168. The van der Waals surface area contributed by atoms with E-state index < -0.39 is 0 Å².